The van der Waals surface area contributed by atoms with Crippen LogP contribution in [-0.4, -0.2) is 28.7 Å². The molecule has 0 spiro atoms. The zero-order chi connectivity index (χ0) is 21.4. The quantitative estimate of drug-likeness (QED) is 0.718. The molecule has 1 aromatic carbocycles. The number of rotatable bonds is 4. The normalized spacial score (nSPS) is 12.1. The second-order valence-corrected chi connectivity index (χ2v) is 6.04. The maximum absolute atomic E-state index is 12.6. The van der Waals surface area contributed by atoms with Gasteiger partial charge in [0.25, 0.3) is 5.56 Å². The SMILES string of the molecule is CC.CC.COC(=O)c1c(N)ncn(-c2c(Cl)cc(OC3CC3)cc2Cl)c1=O. The van der Waals surface area contributed by atoms with Crippen molar-refractivity contribution in [3.63, 3.8) is 0 Å². The van der Waals surface area contributed by atoms with E-state index < -0.39 is 11.5 Å². The first-order valence-corrected chi connectivity index (χ1v) is 9.79. The molecule has 1 aliphatic rings. The number of hydrogen-bond donors (Lipinski definition) is 1. The topological polar surface area (TPSA) is 96.4 Å². The molecule has 1 heterocycles. The van der Waals surface area contributed by atoms with E-state index in [0.29, 0.717) is 5.75 Å². The number of anilines is 1. The van der Waals surface area contributed by atoms with Crippen molar-refractivity contribution in [2.24, 2.45) is 0 Å². The van der Waals surface area contributed by atoms with Gasteiger partial charge in [-0.05, 0) is 12.8 Å². The van der Waals surface area contributed by atoms with Crippen molar-refractivity contribution in [1.29, 1.82) is 0 Å². The number of carbonyl (C=O) groups excluding carboxylic acids is 1. The van der Waals surface area contributed by atoms with Crippen molar-refractivity contribution in [1.82, 2.24) is 9.55 Å². The summed E-state index contributed by atoms with van der Waals surface area (Å²) < 4.78 is 11.3. The third kappa shape index (κ3) is 5.39. The number of halogens is 2. The highest BCUT2D eigenvalue weighted by Gasteiger charge is 2.25. The fourth-order valence-electron chi connectivity index (χ4n) is 2.14. The average Bonchev–Trinajstić information content (AvgIpc) is 3.50. The molecular weight excluding hydrogens is 405 g/mol. The summed E-state index contributed by atoms with van der Waals surface area (Å²) in [5.41, 5.74) is 4.67. The van der Waals surface area contributed by atoms with Crippen molar-refractivity contribution in [3.8, 4) is 11.4 Å². The van der Waals surface area contributed by atoms with Crippen LogP contribution in [0.15, 0.2) is 23.3 Å². The van der Waals surface area contributed by atoms with Crippen LogP contribution in [0.5, 0.6) is 5.75 Å². The van der Waals surface area contributed by atoms with Gasteiger partial charge in [-0.15, -0.1) is 0 Å². The number of esters is 1. The minimum atomic E-state index is -0.889. The number of carbonyl (C=O) groups is 1. The van der Waals surface area contributed by atoms with Gasteiger partial charge in [0.15, 0.2) is 5.56 Å². The van der Waals surface area contributed by atoms with E-state index in [1.807, 2.05) is 27.7 Å². The number of nitrogen functional groups attached to an aromatic ring is 1. The molecule has 1 aliphatic carbocycles. The first kappa shape index (κ1) is 23.8. The van der Waals surface area contributed by atoms with Crippen LogP contribution in [0.1, 0.15) is 50.9 Å². The molecular formula is C19H25Cl2N3O4. The molecule has 3 rings (SSSR count). The van der Waals surface area contributed by atoms with Gasteiger partial charge in [0, 0.05) is 12.1 Å². The molecule has 0 saturated heterocycles. The Morgan fingerprint density at radius 3 is 2.18 bits per heavy atom. The summed E-state index contributed by atoms with van der Waals surface area (Å²) in [7, 11) is 1.14. The van der Waals surface area contributed by atoms with Crippen LogP contribution in [0.4, 0.5) is 5.82 Å². The molecule has 2 N–H and O–H groups in total. The summed E-state index contributed by atoms with van der Waals surface area (Å²) in [5, 5.41) is 0.366. The average molecular weight is 430 g/mol. The zero-order valence-corrected chi connectivity index (χ0v) is 18.1. The molecule has 1 fully saturated rings. The predicted molar refractivity (Wildman–Crippen MR) is 112 cm³/mol. The van der Waals surface area contributed by atoms with E-state index in [1.54, 1.807) is 12.1 Å². The van der Waals surface area contributed by atoms with E-state index in [1.165, 1.54) is 0 Å². The summed E-state index contributed by atoms with van der Waals surface area (Å²) in [6, 6.07) is 3.11. The zero-order valence-electron chi connectivity index (χ0n) is 16.6. The van der Waals surface area contributed by atoms with Crippen LogP contribution >= 0.6 is 23.2 Å². The van der Waals surface area contributed by atoms with E-state index in [0.717, 1.165) is 30.8 Å². The molecule has 28 heavy (non-hydrogen) atoms. The largest absolute Gasteiger partial charge is 0.490 e. The molecule has 2 aromatic rings. The van der Waals surface area contributed by atoms with Crippen molar-refractivity contribution in [2.45, 2.75) is 46.6 Å². The number of hydrogen-bond acceptors (Lipinski definition) is 6. The van der Waals surface area contributed by atoms with E-state index in [2.05, 4.69) is 9.72 Å². The molecule has 7 nitrogen and oxygen atoms in total. The van der Waals surface area contributed by atoms with E-state index in [9.17, 15) is 9.59 Å². The lowest BCUT2D eigenvalue weighted by atomic mass is 10.2. The third-order valence-corrected chi connectivity index (χ3v) is 4.03. The molecule has 0 atom stereocenters. The predicted octanol–water partition coefficient (Wildman–Crippen LogP) is 4.50. The van der Waals surface area contributed by atoms with Crippen LogP contribution in [0.25, 0.3) is 5.69 Å². The number of aromatic nitrogens is 2. The first-order chi connectivity index (χ1) is 13.4. The monoisotopic (exact) mass is 429 g/mol. The molecule has 0 amide bonds. The highest BCUT2D eigenvalue weighted by molar-refractivity contribution is 6.38. The first-order valence-electron chi connectivity index (χ1n) is 9.04. The maximum Gasteiger partial charge on any atom is 0.347 e. The lowest BCUT2D eigenvalue weighted by Crippen LogP contribution is -2.28. The Labute approximate surface area is 174 Å². The lowest BCUT2D eigenvalue weighted by molar-refractivity contribution is 0.0599. The number of benzene rings is 1. The van der Waals surface area contributed by atoms with E-state index in [-0.39, 0.29) is 33.2 Å². The number of methoxy groups -OCH3 is 1. The minimum Gasteiger partial charge on any atom is -0.490 e. The van der Waals surface area contributed by atoms with Crippen molar-refractivity contribution >= 4 is 35.0 Å². The number of nitrogens with two attached hydrogens (primary N) is 1. The lowest BCUT2D eigenvalue weighted by Gasteiger charge is -2.13. The third-order valence-electron chi connectivity index (χ3n) is 3.45. The molecule has 154 valence electrons. The van der Waals surface area contributed by atoms with Gasteiger partial charge < -0.3 is 15.2 Å². The van der Waals surface area contributed by atoms with Gasteiger partial charge in [-0.3, -0.25) is 9.36 Å². The highest BCUT2D eigenvalue weighted by atomic mass is 35.5. The summed E-state index contributed by atoms with van der Waals surface area (Å²) in [6.07, 6.45) is 3.30. The van der Waals surface area contributed by atoms with Gasteiger partial charge in [-0.2, -0.15) is 0 Å². The molecule has 1 aromatic heterocycles. The highest BCUT2D eigenvalue weighted by Crippen LogP contribution is 2.35. The molecule has 1 saturated carbocycles. The number of ether oxygens (including phenoxy) is 2. The summed E-state index contributed by atoms with van der Waals surface area (Å²) >= 11 is 12.5. The maximum atomic E-state index is 12.6. The molecule has 0 bridgehead atoms. The molecule has 0 unspecified atom stereocenters. The fourth-order valence-corrected chi connectivity index (χ4v) is 2.79. The summed E-state index contributed by atoms with van der Waals surface area (Å²) in [5.74, 6) is -0.606. The Morgan fingerprint density at radius 1 is 1.18 bits per heavy atom. The summed E-state index contributed by atoms with van der Waals surface area (Å²) in [4.78, 5) is 28.2. The van der Waals surface area contributed by atoms with Gasteiger partial charge >= 0.3 is 5.97 Å². The Morgan fingerprint density at radius 2 is 1.71 bits per heavy atom. The summed E-state index contributed by atoms with van der Waals surface area (Å²) in [6.45, 7) is 8.00. The smallest absolute Gasteiger partial charge is 0.347 e. The number of nitrogens with zero attached hydrogens (tertiary/aromatic N) is 2. The van der Waals surface area contributed by atoms with Crippen LogP contribution in [-0.2, 0) is 4.74 Å². The Hall–Kier alpha value is -2.25. The van der Waals surface area contributed by atoms with Crippen molar-refractivity contribution < 1.29 is 14.3 Å². The standard InChI is InChI=1S/C15H13Cl2N3O4.2C2H6/c1-23-15(22)11-13(18)19-6-20(14(11)21)12-9(16)4-8(5-10(12)17)24-7-2-3-7;2*1-2/h4-7H,2-3,18H2,1H3;2*1-2H3. The molecule has 0 aliphatic heterocycles. The van der Waals surface area contributed by atoms with Crippen LogP contribution in [0, 0.1) is 0 Å². The van der Waals surface area contributed by atoms with Crippen LogP contribution in [0.2, 0.25) is 10.0 Å². The van der Waals surface area contributed by atoms with Gasteiger partial charge in [0.2, 0.25) is 0 Å². The van der Waals surface area contributed by atoms with Gasteiger partial charge in [-0.1, -0.05) is 50.9 Å². The van der Waals surface area contributed by atoms with Crippen molar-refractivity contribution in [3.05, 3.63) is 44.4 Å². The Kier molecular flexibility index (Phi) is 9.28. The van der Waals surface area contributed by atoms with Gasteiger partial charge in [0.1, 0.15) is 17.9 Å². The Bertz CT molecular complexity index is 857. The van der Waals surface area contributed by atoms with Gasteiger partial charge in [-0.25, -0.2) is 9.78 Å². The molecule has 9 heteroatoms. The van der Waals surface area contributed by atoms with E-state index >= 15 is 0 Å². The minimum absolute atomic E-state index is 0.176. The second-order valence-electron chi connectivity index (χ2n) is 5.22. The van der Waals surface area contributed by atoms with Crippen LogP contribution < -0.4 is 16.0 Å². The van der Waals surface area contributed by atoms with Crippen LogP contribution in [0.3, 0.4) is 0 Å². The van der Waals surface area contributed by atoms with E-state index in [4.69, 9.17) is 33.7 Å². The fraction of sp³-hybridized carbons (Fsp3) is 0.421. The van der Waals surface area contributed by atoms with Gasteiger partial charge in [0.05, 0.1) is 28.9 Å². The molecule has 0 radical (unpaired) electrons. The Balaban J connectivity index is 0.000000921. The second kappa shape index (κ2) is 10.9. The van der Waals surface area contributed by atoms with Crippen molar-refractivity contribution in [2.75, 3.05) is 12.8 Å².